The number of hydrogen-bond acceptors (Lipinski definition) is 3. The Hall–Kier alpha value is -1.04. The van der Waals surface area contributed by atoms with Crippen LogP contribution in [0.3, 0.4) is 0 Å². The summed E-state index contributed by atoms with van der Waals surface area (Å²) in [5.41, 5.74) is 0.729. The molecule has 0 aliphatic heterocycles. The van der Waals surface area contributed by atoms with E-state index >= 15 is 0 Å². The SMILES string of the molecule is COCC(C)NC(=S)Nc1cc(Cl)ccc1OC. The molecule has 0 bridgehead atoms. The first kappa shape index (κ1) is 15.0. The average molecular weight is 289 g/mol. The Morgan fingerprint density at radius 3 is 2.78 bits per heavy atom. The summed E-state index contributed by atoms with van der Waals surface area (Å²) in [6, 6.07) is 5.43. The molecule has 0 spiro atoms. The van der Waals surface area contributed by atoms with Gasteiger partial charge in [0.25, 0.3) is 0 Å². The molecule has 100 valence electrons. The Morgan fingerprint density at radius 2 is 2.17 bits per heavy atom. The quantitative estimate of drug-likeness (QED) is 0.816. The van der Waals surface area contributed by atoms with Crippen molar-refractivity contribution in [3.8, 4) is 5.75 Å². The largest absolute Gasteiger partial charge is 0.495 e. The highest BCUT2D eigenvalue weighted by Gasteiger charge is 2.08. The predicted octanol–water partition coefficient (Wildman–Crippen LogP) is 2.67. The van der Waals surface area contributed by atoms with E-state index in [2.05, 4.69) is 10.6 Å². The Kier molecular flexibility index (Phi) is 6.18. The van der Waals surface area contributed by atoms with Gasteiger partial charge in [-0.3, -0.25) is 0 Å². The zero-order valence-electron chi connectivity index (χ0n) is 10.6. The summed E-state index contributed by atoms with van der Waals surface area (Å²) in [5, 5.41) is 7.26. The maximum Gasteiger partial charge on any atom is 0.171 e. The van der Waals surface area contributed by atoms with Crippen LogP contribution in [0, 0.1) is 0 Å². The van der Waals surface area contributed by atoms with Crippen molar-refractivity contribution >= 4 is 34.6 Å². The number of thiocarbonyl (C=S) groups is 1. The molecule has 0 saturated heterocycles. The fraction of sp³-hybridized carbons (Fsp3) is 0.417. The van der Waals surface area contributed by atoms with E-state index in [9.17, 15) is 0 Å². The number of rotatable bonds is 5. The van der Waals surface area contributed by atoms with Crippen LogP contribution in [0.2, 0.25) is 5.02 Å². The minimum Gasteiger partial charge on any atom is -0.495 e. The number of hydrogen-bond donors (Lipinski definition) is 2. The van der Waals surface area contributed by atoms with Gasteiger partial charge in [-0.05, 0) is 37.3 Å². The monoisotopic (exact) mass is 288 g/mol. The third-order valence-corrected chi connectivity index (χ3v) is 2.66. The first-order valence-electron chi connectivity index (χ1n) is 5.46. The molecule has 1 rings (SSSR count). The number of methoxy groups -OCH3 is 2. The highest BCUT2D eigenvalue weighted by atomic mass is 35.5. The van der Waals surface area contributed by atoms with Crippen molar-refractivity contribution in [3.05, 3.63) is 23.2 Å². The molecular formula is C12H17ClN2O2S. The topological polar surface area (TPSA) is 42.5 Å². The van der Waals surface area contributed by atoms with Crippen LogP contribution >= 0.6 is 23.8 Å². The number of ether oxygens (including phenoxy) is 2. The second kappa shape index (κ2) is 7.41. The van der Waals surface area contributed by atoms with Crippen LogP contribution in [0.5, 0.6) is 5.75 Å². The summed E-state index contributed by atoms with van der Waals surface area (Å²) >= 11 is 11.1. The third kappa shape index (κ3) is 4.68. The van der Waals surface area contributed by atoms with E-state index in [0.29, 0.717) is 22.5 Å². The summed E-state index contributed by atoms with van der Waals surface area (Å²) in [6.07, 6.45) is 0. The molecule has 1 unspecified atom stereocenters. The average Bonchev–Trinajstić information content (AvgIpc) is 2.29. The van der Waals surface area contributed by atoms with Gasteiger partial charge < -0.3 is 20.1 Å². The number of halogens is 1. The van der Waals surface area contributed by atoms with Crippen LogP contribution in [0.1, 0.15) is 6.92 Å². The normalized spacial score (nSPS) is 11.8. The van der Waals surface area contributed by atoms with Gasteiger partial charge in [-0.25, -0.2) is 0 Å². The van der Waals surface area contributed by atoms with Crippen LogP contribution in [0.4, 0.5) is 5.69 Å². The van der Waals surface area contributed by atoms with Gasteiger partial charge >= 0.3 is 0 Å². The van der Waals surface area contributed by atoms with Crippen molar-refractivity contribution < 1.29 is 9.47 Å². The van der Waals surface area contributed by atoms with Gasteiger partial charge in [0.1, 0.15) is 5.75 Å². The molecule has 2 N–H and O–H groups in total. The highest BCUT2D eigenvalue weighted by Crippen LogP contribution is 2.27. The standard InChI is InChI=1S/C12H17ClN2O2S/c1-8(7-16-2)14-12(18)15-10-6-9(13)4-5-11(10)17-3/h4-6,8H,7H2,1-3H3,(H2,14,15,18). The van der Waals surface area contributed by atoms with Gasteiger partial charge in [0.2, 0.25) is 0 Å². The predicted molar refractivity (Wildman–Crippen MR) is 78.7 cm³/mol. The van der Waals surface area contributed by atoms with Crippen LogP contribution in [-0.4, -0.2) is 32.0 Å². The molecule has 0 radical (unpaired) electrons. The van der Waals surface area contributed by atoms with E-state index < -0.39 is 0 Å². The first-order valence-corrected chi connectivity index (χ1v) is 6.25. The van der Waals surface area contributed by atoms with Gasteiger partial charge in [0, 0.05) is 18.2 Å². The molecule has 1 aromatic rings. The summed E-state index contributed by atoms with van der Waals surface area (Å²) in [5.74, 6) is 0.683. The zero-order chi connectivity index (χ0) is 13.5. The van der Waals surface area contributed by atoms with E-state index in [1.807, 2.05) is 6.92 Å². The van der Waals surface area contributed by atoms with E-state index in [0.717, 1.165) is 5.69 Å². The molecule has 0 saturated carbocycles. The van der Waals surface area contributed by atoms with Gasteiger partial charge in [0.15, 0.2) is 5.11 Å². The third-order valence-electron chi connectivity index (χ3n) is 2.20. The van der Waals surface area contributed by atoms with E-state index in [1.54, 1.807) is 32.4 Å². The van der Waals surface area contributed by atoms with Gasteiger partial charge in [-0.1, -0.05) is 11.6 Å². The van der Waals surface area contributed by atoms with Gasteiger partial charge in [-0.15, -0.1) is 0 Å². The van der Waals surface area contributed by atoms with Gasteiger partial charge in [-0.2, -0.15) is 0 Å². The van der Waals surface area contributed by atoms with E-state index in [-0.39, 0.29) is 6.04 Å². The van der Waals surface area contributed by atoms with Crippen LogP contribution in [0.15, 0.2) is 18.2 Å². The Balaban J connectivity index is 2.66. The van der Waals surface area contributed by atoms with Crippen LogP contribution in [-0.2, 0) is 4.74 Å². The van der Waals surface area contributed by atoms with Crippen molar-refractivity contribution in [1.29, 1.82) is 0 Å². The Bertz CT molecular complexity index is 415. The molecule has 0 fully saturated rings. The van der Waals surface area contributed by atoms with Crippen molar-refractivity contribution in [2.75, 3.05) is 26.1 Å². The van der Waals surface area contributed by atoms with Crippen molar-refractivity contribution in [2.24, 2.45) is 0 Å². The molecule has 1 aromatic carbocycles. The maximum atomic E-state index is 5.93. The van der Waals surface area contributed by atoms with E-state index in [4.69, 9.17) is 33.3 Å². The molecule has 0 amide bonds. The second-order valence-electron chi connectivity index (χ2n) is 3.80. The van der Waals surface area contributed by atoms with Crippen LogP contribution < -0.4 is 15.4 Å². The summed E-state index contributed by atoms with van der Waals surface area (Å²) < 4.78 is 10.2. The Labute approximate surface area is 118 Å². The summed E-state index contributed by atoms with van der Waals surface area (Å²) in [4.78, 5) is 0. The lowest BCUT2D eigenvalue weighted by atomic mass is 10.3. The molecule has 0 aromatic heterocycles. The number of benzene rings is 1. The lowest BCUT2D eigenvalue weighted by Gasteiger charge is -2.17. The summed E-state index contributed by atoms with van der Waals surface area (Å²) in [6.45, 7) is 2.56. The lowest BCUT2D eigenvalue weighted by Crippen LogP contribution is -2.38. The second-order valence-corrected chi connectivity index (χ2v) is 4.64. The molecule has 6 heteroatoms. The minimum atomic E-state index is 0.125. The molecule has 0 aliphatic rings. The maximum absolute atomic E-state index is 5.93. The fourth-order valence-corrected chi connectivity index (χ4v) is 1.93. The zero-order valence-corrected chi connectivity index (χ0v) is 12.2. The van der Waals surface area contributed by atoms with E-state index in [1.165, 1.54) is 0 Å². The molecular weight excluding hydrogens is 272 g/mol. The Morgan fingerprint density at radius 1 is 1.44 bits per heavy atom. The molecule has 18 heavy (non-hydrogen) atoms. The number of anilines is 1. The molecule has 4 nitrogen and oxygen atoms in total. The number of nitrogens with one attached hydrogen (secondary N) is 2. The smallest absolute Gasteiger partial charge is 0.171 e. The lowest BCUT2D eigenvalue weighted by molar-refractivity contribution is 0.179. The molecule has 0 heterocycles. The van der Waals surface area contributed by atoms with Gasteiger partial charge in [0.05, 0.1) is 19.4 Å². The van der Waals surface area contributed by atoms with Crippen molar-refractivity contribution in [2.45, 2.75) is 13.0 Å². The molecule has 1 atom stereocenters. The summed E-state index contributed by atoms with van der Waals surface area (Å²) in [7, 11) is 3.24. The minimum absolute atomic E-state index is 0.125. The van der Waals surface area contributed by atoms with Crippen LogP contribution in [0.25, 0.3) is 0 Å². The first-order chi connectivity index (χ1) is 8.56. The van der Waals surface area contributed by atoms with Crippen molar-refractivity contribution in [1.82, 2.24) is 5.32 Å². The molecule has 0 aliphatic carbocycles. The highest BCUT2D eigenvalue weighted by molar-refractivity contribution is 7.80. The van der Waals surface area contributed by atoms with Crippen molar-refractivity contribution in [3.63, 3.8) is 0 Å². The fourth-order valence-electron chi connectivity index (χ4n) is 1.45.